The molecule has 53 heavy (non-hydrogen) atoms. The molecule has 0 spiro atoms. The molecule has 0 saturated heterocycles. The van der Waals surface area contributed by atoms with Gasteiger partial charge in [0.25, 0.3) is 5.56 Å². The Balaban J connectivity index is 1.45. The molecule has 15 heteroatoms. The summed E-state index contributed by atoms with van der Waals surface area (Å²) in [5.41, 5.74) is 7.58. The average Bonchev–Trinajstić information content (AvgIpc) is 3.54. The molecule has 2 aromatic carbocycles. The van der Waals surface area contributed by atoms with Crippen LogP contribution in [0.1, 0.15) is 69.8 Å². The molecule has 2 bridgehead atoms. The van der Waals surface area contributed by atoms with Crippen molar-refractivity contribution >= 4 is 56.7 Å². The molecule has 3 aromatic heterocycles. The Morgan fingerprint density at radius 3 is 2.58 bits per heavy atom. The lowest BCUT2D eigenvalue weighted by Crippen LogP contribution is -2.59. The topological polar surface area (TPSA) is 183 Å². The van der Waals surface area contributed by atoms with Crippen LogP contribution in [0.4, 0.5) is 16.2 Å². The van der Waals surface area contributed by atoms with Crippen LogP contribution in [-0.4, -0.2) is 56.0 Å². The van der Waals surface area contributed by atoms with E-state index in [1.54, 1.807) is 37.5 Å². The minimum Gasteiger partial charge on any atom is -0.427 e. The van der Waals surface area contributed by atoms with Gasteiger partial charge in [0.15, 0.2) is 0 Å². The lowest BCUT2D eigenvalue weighted by atomic mass is 9.50. The molecule has 0 radical (unpaired) electrons. The Morgan fingerprint density at radius 1 is 1.17 bits per heavy atom. The number of hydrogen-bond acceptors (Lipinski definition) is 11. The summed E-state index contributed by atoms with van der Waals surface area (Å²) in [6.07, 6.45) is 7.04. The van der Waals surface area contributed by atoms with E-state index in [1.807, 2.05) is 23.0 Å². The predicted octanol–water partition coefficient (Wildman–Crippen LogP) is 5.75. The molecule has 3 aliphatic rings. The van der Waals surface area contributed by atoms with Crippen molar-refractivity contribution in [2.24, 2.45) is 24.1 Å². The first-order chi connectivity index (χ1) is 25.2. The summed E-state index contributed by atoms with van der Waals surface area (Å²) in [7, 11) is 1.67. The van der Waals surface area contributed by atoms with Gasteiger partial charge in [-0.15, -0.1) is 5.10 Å². The summed E-state index contributed by atoms with van der Waals surface area (Å²) < 4.78 is 14.1. The maximum atomic E-state index is 14.6. The van der Waals surface area contributed by atoms with Crippen molar-refractivity contribution in [1.82, 2.24) is 24.5 Å². The van der Waals surface area contributed by atoms with Crippen LogP contribution in [0.3, 0.4) is 0 Å². The van der Waals surface area contributed by atoms with E-state index in [9.17, 15) is 19.6 Å². The summed E-state index contributed by atoms with van der Waals surface area (Å²) in [5, 5.41) is 24.4. The van der Waals surface area contributed by atoms with E-state index in [2.05, 4.69) is 47.5 Å². The van der Waals surface area contributed by atoms with Gasteiger partial charge in [0.2, 0.25) is 6.79 Å². The van der Waals surface area contributed by atoms with Gasteiger partial charge >= 0.3 is 12.1 Å². The van der Waals surface area contributed by atoms with Crippen molar-refractivity contribution < 1.29 is 19.1 Å². The van der Waals surface area contributed by atoms with Gasteiger partial charge in [-0.3, -0.25) is 19.5 Å². The number of benzene rings is 2. The molecule has 3 N–H and O–H groups in total. The van der Waals surface area contributed by atoms with Crippen molar-refractivity contribution in [2.45, 2.75) is 64.6 Å². The number of nitrogens with zero attached hydrogens (tertiary/aromatic N) is 7. The van der Waals surface area contributed by atoms with E-state index >= 15 is 0 Å². The van der Waals surface area contributed by atoms with Crippen molar-refractivity contribution in [3.8, 4) is 6.07 Å². The summed E-state index contributed by atoms with van der Waals surface area (Å²) in [4.78, 5) is 46.0. The molecule has 0 aliphatic heterocycles. The van der Waals surface area contributed by atoms with Crippen molar-refractivity contribution in [3.05, 3.63) is 87.2 Å². The van der Waals surface area contributed by atoms with E-state index in [0.29, 0.717) is 51.1 Å². The van der Waals surface area contributed by atoms with Crippen molar-refractivity contribution in [1.29, 1.82) is 5.26 Å². The van der Waals surface area contributed by atoms with Crippen LogP contribution in [0, 0.1) is 22.7 Å². The number of nitrogens with one attached hydrogen (secondary N) is 1. The fraction of sp³-hybridized carbons (Fsp3) is 0.395. The Hall–Kier alpha value is -5.52. The zero-order valence-corrected chi connectivity index (χ0v) is 30.8. The van der Waals surface area contributed by atoms with Crippen LogP contribution in [0.5, 0.6) is 0 Å². The fourth-order valence-corrected chi connectivity index (χ4v) is 7.39. The Kier molecular flexibility index (Phi) is 9.12. The number of carbonyl (C=O) groups is 2. The molecular weight excluding hydrogens is 698 g/mol. The predicted molar refractivity (Wildman–Crippen MR) is 199 cm³/mol. The highest BCUT2D eigenvalue weighted by atomic mass is 35.5. The number of pyridine rings is 2. The quantitative estimate of drug-likeness (QED) is 0.131. The highest BCUT2D eigenvalue weighted by Gasteiger charge is 2.59. The van der Waals surface area contributed by atoms with E-state index in [1.165, 1.54) is 22.6 Å². The first-order valence-electron chi connectivity index (χ1n) is 17.3. The molecule has 8 rings (SSSR count). The van der Waals surface area contributed by atoms with Crippen LogP contribution in [0.2, 0.25) is 5.02 Å². The Morgan fingerprint density at radius 2 is 1.92 bits per heavy atom. The molecule has 3 fully saturated rings. The first kappa shape index (κ1) is 35.9. The third-order valence-corrected chi connectivity index (χ3v) is 10.3. The molecule has 1 amide bonds. The minimum atomic E-state index is -1.03. The SMILES string of the molecule is CC(N)C(=O)OCOC(=O)N(c1cc(Cl)c2ncc(C#N)c(NCC(C)(C)C)c2c1)C(c1cn(C23CC(C2)C3)nn1)c1cccc2c(=O)n(C)ccc12. The normalized spacial score (nSPS) is 18.7. The number of anilines is 2. The van der Waals surface area contributed by atoms with Crippen LogP contribution >= 0.6 is 11.6 Å². The van der Waals surface area contributed by atoms with Gasteiger partial charge in [-0.1, -0.05) is 49.7 Å². The molecular formula is C38H40ClN9O5. The average molecular weight is 738 g/mol. The third-order valence-electron chi connectivity index (χ3n) is 10.0. The van der Waals surface area contributed by atoms with Gasteiger partial charge in [0.05, 0.1) is 39.2 Å². The number of aromatic nitrogens is 5. The van der Waals surface area contributed by atoms with Gasteiger partial charge in [0.1, 0.15) is 23.8 Å². The van der Waals surface area contributed by atoms with Crippen molar-refractivity contribution in [2.75, 3.05) is 23.6 Å². The van der Waals surface area contributed by atoms with E-state index in [-0.39, 0.29) is 32.8 Å². The highest BCUT2D eigenvalue weighted by Crippen LogP contribution is 2.62. The zero-order valence-electron chi connectivity index (χ0n) is 30.1. The highest BCUT2D eigenvalue weighted by molar-refractivity contribution is 6.36. The molecule has 14 nitrogen and oxygen atoms in total. The van der Waals surface area contributed by atoms with Crippen LogP contribution in [-0.2, 0) is 26.9 Å². The lowest BCUT2D eigenvalue weighted by Gasteiger charge is -2.61. The van der Waals surface area contributed by atoms with Gasteiger partial charge in [-0.25, -0.2) is 9.48 Å². The second-order valence-corrected chi connectivity index (χ2v) is 15.7. The number of esters is 1. The van der Waals surface area contributed by atoms with Crippen LogP contribution in [0.15, 0.2) is 59.8 Å². The molecule has 2 unspecified atom stereocenters. The first-order valence-corrected chi connectivity index (χ1v) is 17.7. The van der Waals surface area contributed by atoms with Gasteiger partial charge < -0.3 is 25.1 Å². The Labute approximate surface area is 310 Å². The smallest absolute Gasteiger partial charge is 0.418 e. The van der Waals surface area contributed by atoms with E-state index < -0.39 is 30.9 Å². The number of halogens is 1. The maximum Gasteiger partial charge on any atom is 0.418 e. The number of fused-ring (bicyclic) bond motifs is 2. The number of rotatable bonds is 10. The molecule has 3 saturated carbocycles. The summed E-state index contributed by atoms with van der Waals surface area (Å²) in [6, 6.07) is 10.6. The number of amides is 1. The standard InChI is InChI=1S/C38H40ClN9O5/c1-21(41)35(50)52-20-53-36(51)48(24-11-28-31(43-19-37(2,3)4)23(16-40)17-42-32(28)29(39)12-24)33(30-18-47(45-44-30)38-13-22(14-38)15-38)26-7-6-8-27-25(26)9-10-46(5)34(27)49/h6-12,17-18,21-22,33H,13-15,19-20,41H2,1-5H3,(H,42,43). The van der Waals surface area contributed by atoms with Crippen LogP contribution < -0.4 is 21.5 Å². The monoisotopic (exact) mass is 737 g/mol. The number of ether oxygens (including phenoxy) is 2. The fourth-order valence-electron chi connectivity index (χ4n) is 7.13. The molecule has 274 valence electrons. The van der Waals surface area contributed by atoms with Gasteiger partial charge in [-0.05, 0) is 72.7 Å². The second-order valence-electron chi connectivity index (χ2n) is 15.3. The minimum absolute atomic E-state index is 0.118. The summed E-state index contributed by atoms with van der Waals surface area (Å²) in [6.45, 7) is 7.43. The van der Waals surface area contributed by atoms with E-state index in [0.717, 1.165) is 19.3 Å². The molecule has 5 aromatic rings. The molecule has 3 heterocycles. The largest absolute Gasteiger partial charge is 0.427 e. The van der Waals surface area contributed by atoms with Crippen molar-refractivity contribution in [3.63, 3.8) is 0 Å². The molecule has 2 atom stereocenters. The second kappa shape index (κ2) is 13.5. The van der Waals surface area contributed by atoms with Gasteiger partial charge in [0, 0.05) is 36.8 Å². The van der Waals surface area contributed by atoms with Crippen LogP contribution in [0.25, 0.3) is 21.7 Å². The number of aryl methyl sites for hydroxylation is 1. The summed E-state index contributed by atoms with van der Waals surface area (Å²) in [5.74, 6) is -0.0865. The maximum absolute atomic E-state index is 14.6. The lowest BCUT2D eigenvalue weighted by molar-refractivity contribution is -0.152. The summed E-state index contributed by atoms with van der Waals surface area (Å²) >= 11 is 6.96. The number of nitrogens with two attached hydrogens (primary N) is 1. The number of nitriles is 1. The number of carbonyl (C=O) groups excluding carboxylic acids is 2. The van der Waals surface area contributed by atoms with Gasteiger partial charge in [-0.2, -0.15) is 5.26 Å². The zero-order chi connectivity index (χ0) is 37.8. The third kappa shape index (κ3) is 6.55. The number of hydrogen-bond donors (Lipinski definition) is 2. The molecule has 3 aliphatic carbocycles. The van der Waals surface area contributed by atoms with E-state index in [4.69, 9.17) is 26.8 Å². The Bertz CT molecular complexity index is 2360.